The van der Waals surface area contributed by atoms with Crippen LogP contribution in [-0.2, 0) is 4.79 Å². The minimum absolute atomic E-state index is 0.0115. The molecule has 1 heterocycles. The smallest absolute Gasteiger partial charge is 0.228 e. The molecule has 4 rings (SSSR count). The molecule has 1 unspecified atom stereocenters. The number of Topliss-reactive ketones (excluding diaryl/α,β-unsaturated/α-hetero) is 1. The second kappa shape index (κ2) is 10.0. The SMILES string of the molecule is COc1cc(C2CC(=O)N(CC(=O)c3ccccc3)c3ccccc3S2)cc(OC)c1OC. The Kier molecular flexibility index (Phi) is 6.89. The Hall–Kier alpha value is -3.45. The zero-order valence-corrected chi connectivity index (χ0v) is 19.6. The van der Waals surface area contributed by atoms with Crippen LogP contribution in [0.1, 0.15) is 27.6 Å². The van der Waals surface area contributed by atoms with Gasteiger partial charge in [0.2, 0.25) is 11.7 Å². The first-order chi connectivity index (χ1) is 16.0. The molecule has 3 aromatic carbocycles. The summed E-state index contributed by atoms with van der Waals surface area (Å²) in [5, 5.41) is -0.191. The number of thioether (sulfide) groups is 1. The molecule has 170 valence electrons. The lowest BCUT2D eigenvalue weighted by Gasteiger charge is -2.22. The van der Waals surface area contributed by atoms with Gasteiger partial charge in [-0.05, 0) is 29.8 Å². The Bertz CT molecular complexity index is 1140. The predicted molar refractivity (Wildman–Crippen MR) is 129 cm³/mol. The van der Waals surface area contributed by atoms with E-state index in [9.17, 15) is 9.59 Å². The van der Waals surface area contributed by atoms with E-state index < -0.39 is 0 Å². The van der Waals surface area contributed by atoms with Crippen molar-refractivity contribution >= 4 is 29.1 Å². The van der Waals surface area contributed by atoms with Crippen LogP contribution in [0.4, 0.5) is 5.69 Å². The molecule has 0 radical (unpaired) electrons. The summed E-state index contributed by atoms with van der Waals surface area (Å²) >= 11 is 1.59. The van der Waals surface area contributed by atoms with Gasteiger partial charge >= 0.3 is 0 Å². The number of nitrogens with zero attached hydrogens (tertiary/aromatic N) is 1. The molecule has 0 N–H and O–H groups in total. The summed E-state index contributed by atoms with van der Waals surface area (Å²) in [5.74, 6) is 1.36. The second-order valence-corrected chi connectivity index (χ2v) is 8.75. The molecule has 6 nitrogen and oxygen atoms in total. The highest BCUT2D eigenvalue weighted by atomic mass is 32.2. The number of amides is 1. The van der Waals surface area contributed by atoms with Crippen LogP contribution in [0.15, 0.2) is 71.6 Å². The van der Waals surface area contributed by atoms with Crippen LogP contribution in [0.3, 0.4) is 0 Å². The minimum Gasteiger partial charge on any atom is -0.493 e. The number of hydrogen-bond donors (Lipinski definition) is 0. The van der Waals surface area contributed by atoms with Gasteiger partial charge in [-0.3, -0.25) is 9.59 Å². The highest BCUT2D eigenvalue weighted by Crippen LogP contribution is 2.49. The van der Waals surface area contributed by atoms with E-state index in [1.54, 1.807) is 50.1 Å². The monoisotopic (exact) mass is 463 g/mol. The third-order valence-corrected chi connectivity index (χ3v) is 6.87. The van der Waals surface area contributed by atoms with Crippen LogP contribution in [0, 0.1) is 0 Å². The molecule has 1 atom stereocenters. The van der Waals surface area contributed by atoms with Crippen molar-refractivity contribution in [1.29, 1.82) is 0 Å². The summed E-state index contributed by atoms with van der Waals surface area (Å²) in [5.41, 5.74) is 2.21. The first-order valence-corrected chi connectivity index (χ1v) is 11.4. The molecule has 1 aliphatic rings. The maximum absolute atomic E-state index is 13.4. The fourth-order valence-electron chi connectivity index (χ4n) is 3.88. The number of carbonyl (C=O) groups excluding carboxylic acids is 2. The standard InChI is InChI=1S/C26H25NO5S/c1-30-21-13-18(14-22(31-2)26(21)32-3)24-15-25(29)27(19-11-7-8-12-23(19)33-24)16-20(28)17-9-5-4-6-10-17/h4-14,24H,15-16H2,1-3H3. The molecular weight excluding hydrogens is 438 g/mol. The van der Waals surface area contributed by atoms with Crippen LogP contribution in [0.5, 0.6) is 17.2 Å². The van der Waals surface area contributed by atoms with Gasteiger partial charge in [0, 0.05) is 22.1 Å². The Morgan fingerprint density at radius 3 is 2.21 bits per heavy atom. The van der Waals surface area contributed by atoms with Crippen molar-refractivity contribution in [1.82, 2.24) is 0 Å². The molecule has 7 heteroatoms. The summed E-state index contributed by atoms with van der Waals surface area (Å²) in [7, 11) is 4.69. The molecule has 0 bridgehead atoms. The van der Waals surface area contributed by atoms with Crippen LogP contribution in [0.25, 0.3) is 0 Å². The van der Waals surface area contributed by atoms with E-state index >= 15 is 0 Å². The van der Waals surface area contributed by atoms with Crippen LogP contribution >= 0.6 is 11.8 Å². The number of benzene rings is 3. The fourth-order valence-corrected chi connectivity index (χ4v) is 5.14. The van der Waals surface area contributed by atoms with Crippen molar-refractivity contribution in [3.63, 3.8) is 0 Å². The van der Waals surface area contributed by atoms with E-state index in [4.69, 9.17) is 14.2 Å². The fraction of sp³-hybridized carbons (Fsp3) is 0.231. The molecule has 0 aliphatic carbocycles. The van der Waals surface area contributed by atoms with E-state index in [1.165, 1.54) is 0 Å². The number of rotatable bonds is 7. The zero-order valence-electron chi connectivity index (χ0n) is 18.7. The third kappa shape index (κ3) is 4.68. The first-order valence-electron chi connectivity index (χ1n) is 10.5. The predicted octanol–water partition coefficient (Wildman–Crippen LogP) is 5.17. The molecule has 33 heavy (non-hydrogen) atoms. The average molecular weight is 464 g/mol. The Morgan fingerprint density at radius 1 is 0.939 bits per heavy atom. The summed E-state index contributed by atoms with van der Waals surface area (Å²) in [4.78, 5) is 28.9. The average Bonchev–Trinajstić information content (AvgIpc) is 2.99. The topological polar surface area (TPSA) is 65.1 Å². The first kappa shape index (κ1) is 22.7. The molecule has 1 aliphatic heterocycles. The van der Waals surface area contributed by atoms with E-state index in [0.29, 0.717) is 22.8 Å². The zero-order chi connectivity index (χ0) is 23.4. The van der Waals surface area contributed by atoms with Gasteiger partial charge in [0.15, 0.2) is 17.3 Å². The Morgan fingerprint density at radius 2 is 1.58 bits per heavy atom. The van der Waals surface area contributed by atoms with Gasteiger partial charge in [-0.2, -0.15) is 0 Å². The Balaban J connectivity index is 1.70. The van der Waals surface area contributed by atoms with Crippen molar-refractivity contribution in [3.05, 3.63) is 77.9 Å². The number of ether oxygens (including phenoxy) is 3. The molecule has 0 saturated carbocycles. The lowest BCUT2D eigenvalue weighted by molar-refractivity contribution is -0.118. The normalized spacial score (nSPS) is 15.4. The highest BCUT2D eigenvalue weighted by Gasteiger charge is 2.31. The van der Waals surface area contributed by atoms with Gasteiger partial charge in [-0.25, -0.2) is 0 Å². The third-order valence-electron chi connectivity index (χ3n) is 5.54. The summed E-state index contributed by atoms with van der Waals surface area (Å²) in [6.07, 6.45) is 0.222. The molecule has 1 amide bonds. The van der Waals surface area contributed by atoms with E-state index in [0.717, 1.165) is 16.1 Å². The highest BCUT2D eigenvalue weighted by molar-refractivity contribution is 7.99. The van der Waals surface area contributed by atoms with Gasteiger partial charge in [0.25, 0.3) is 0 Å². The molecule has 3 aromatic rings. The molecule has 0 spiro atoms. The minimum atomic E-state index is -0.191. The van der Waals surface area contributed by atoms with E-state index in [-0.39, 0.29) is 29.9 Å². The summed E-state index contributed by atoms with van der Waals surface area (Å²) in [6, 6.07) is 20.5. The van der Waals surface area contributed by atoms with Crippen LogP contribution in [-0.4, -0.2) is 39.6 Å². The Labute approximate surface area is 197 Å². The lowest BCUT2D eigenvalue weighted by atomic mass is 10.1. The quantitative estimate of drug-likeness (QED) is 0.451. The van der Waals surface area contributed by atoms with Crippen molar-refractivity contribution in [3.8, 4) is 17.2 Å². The van der Waals surface area contributed by atoms with Gasteiger partial charge in [-0.15, -0.1) is 11.8 Å². The number of methoxy groups -OCH3 is 3. The number of ketones is 1. The molecule has 0 aromatic heterocycles. The maximum Gasteiger partial charge on any atom is 0.228 e. The van der Waals surface area contributed by atoms with Gasteiger partial charge in [0.1, 0.15) is 0 Å². The number of anilines is 1. The number of hydrogen-bond acceptors (Lipinski definition) is 6. The largest absolute Gasteiger partial charge is 0.493 e. The van der Waals surface area contributed by atoms with Crippen molar-refractivity contribution < 1.29 is 23.8 Å². The maximum atomic E-state index is 13.4. The van der Waals surface area contributed by atoms with Gasteiger partial charge in [-0.1, -0.05) is 42.5 Å². The number of fused-ring (bicyclic) bond motifs is 1. The van der Waals surface area contributed by atoms with Crippen LogP contribution in [0.2, 0.25) is 0 Å². The van der Waals surface area contributed by atoms with E-state index in [2.05, 4.69) is 0 Å². The van der Waals surface area contributed by atoms with Crippen molar-refractivity contribution in [2.75, 3.05) is 32.8 Å². The lowest BCUT2D eigenvalue weighted by Crippen LogP contribution is -2.35. The van der Waals surface area contributed by atoms with Gasteiger partial charge in [0.05, 0.1) is 33.6 Å². The van der Waals surface area contributed by atoms with E-state index in [1.807, 2.05) is 54.6 Å². The summed E-state index contributed by atoms with van der Waals surface area (Å²) < 4.78 is 16.4. The number of carbonyl (C=O) groups is 2. The van der Waals surface area contributed by atoms with Crippen molar-refractivity contribution in [2.24, 2.45) is 0 Å². The molecule has 0 fully saturated rings. The molecular formula is C26H25NO5S. The van der Waals surface area contributed by atoms with Gasteiger partial charge < -0.3 is 19.1 Å². The molecule has 0 saturated heterocycles. The second-order valence-electron chi connectivity index (χ2n) is 7.51. The van der Waals surface area contributed by atoms with Crippen LogP contribution < -0.4 is 19.1 Å². The van der Waals surface area contributed by atoms with Crippen molar-refractivity contribution in [2.45, 2.75) is 16.6 Å². The number of para-hydroxylation sites is 1. The summed E-state index contributed by atoms with van der Waals surface area (Å²) in [6.45, 7) is -0.0115.